The van der Waals surface area contributed by atoms with Gasteiger partial charge in [-0.15, -0.1) is 0 Å². The van der Waals surface area contributed by atoms with Crippen molar-refractivity contribution in [3.8, 4) is 5.75 Å². The van der Waals surface area contributed by atoms with Crippen LogP contribution in [0.3, 0.4) is 0 Å². The highest BCUT2D eigenvalue weighted by molar-refractivity contribution is 7.95. The minimum atomic E-state index is -2.09. The van der Waals surface area contributed by atoms with Gasteiger partial charge in [-0.25, -0.2) is 8.78 Å². The molecule has 0 heterocycles. The summed E-state index contributed by atoms with van der Waals surface area (Å²) in [5.74, 6) is 0.420. The number of ether oxygens (including phenoxy) is 1. The van der Waals surface area contributed by atoms with Crippen LogP contribution in [0.2, 0.25) is 0 Å². The molecule has 4 aromatic carbocycles. The van der Waals surface area contributed by atoms with Gasteiger partial charge in [0.2, 0.25) is 0 Å². The summed E-state index contributed by atoms with van der Waals surface area (Å²) in [7, 11) is -2.09. The van der Waals surface area contributed by atoms with Crippen molar-refractivity contribution in [3.63, 3.8) is 0 Å². The van der Waals surface area contributed by atoms with Crippen molar-refractivity contribution in [1.29, 1.82) is 0 Å². The van der Waals surface area contributed by atoms with E-state index in [0.717, 1.165) is 11.7 Å². The monoisotopic (exact) mass is 512 g/mol. The molecule has 0 saturated heterocycles. The Balaban J connectivity index is 0.00000289. The second-order valence-electron chi connectivity index (χ2n) is 7.30. The molecule has 0 aromatic heterocycles. The van der Waals surface area contributed by atoms with Gasteiger partial charge in [-0.3, -0.25) is 0 Å². The first-order valence-corrected chi connectivity index (χ1v) is 12.2. The standard InChI is InChI=1S/C27H24F2OP.BrH/c28-19-20-30-24-15-17-27(18-16-24)31(25-7-3-1-4-8-25,26-9-5-2-6-10-26)21-22-11-13-23(29)14-12-22;/h1-18H,19-21H2;1H/q+1;/p-1. The van der Waals surface area contributed by atoms with Gasteiger partial charge in [-0.2, -0.15) is 0 Å². The van der Waals surface area contributed by atoms with Crippen LogP contribution < -0.4 is 37.6 Å². The number of halogens is 3. The summed E-state index contributed by atoms with van der Waals surface area (Å²) in [5.41, 5.74) is 1.08. The highest BCUT2D eigenvalue weighted by atomic mass is 79.9. The van der Waals surface area contributed by atoms with Gasteiger partial charge in [-0.1, -0.05) is 48.5 Å². The fourth-order valence-electron chi connectivity index (χ4n) is 3.90. The van der Waals surface area contributed by atoms with Crippen LogP contribution in [0.5, 0.6) is 5.75 Å². The Morgan fingerprint density at radius 3 is 1.62 bits per heavy atom. The van der Waals surface area contributed by atoms with E-state index in [1.54, 1.807) is 0 Å². The van der Waals surface area contributed by atoms with Crippen molar-refractivity contribution in [1.82, 2.24) is 0 Å². The van der Waals surface area contributed by atoms with Crippen molar-refractivity contribution in [3.05, 3.63) is 121 Å². The van der Waals surface area contributed by atoms with Crippen LogP contribution in [0.15, 0.2) is 109 Å². The Morgan fingerprint density at radius 1 is 0.625 bits per heavy atom. The van der Waals surface area contributed by atoms with Crippen LogP contribution in [-0.4, -0.2) is 13.3 Å². The summed E-state index contributed by atoms with van der Waals surface area (Å²) in [6, 6.07) is 35.8. The molecule has 0 aliphatic carbocycles. The molecule has 5 heteroatoms. The average molecular weight is 513 g/mol. The van der Waals surface area contributed by atoms with E-state index >= 15 is 0 Å². The normalized spacial score (nSPS) is 10.9. The molecular weight excluding hydrogens is 489 g/mol. The fourth-order valence-corrected chi connectivity index (χ4v) is 8.12. The summed E-state index contributed by atoms with van der Waals surface area (Å²) < 4.78 is 31.6. The van der Waals surface area contributed by atoms with Crippen molar-refractivity contribution < 1.29 is 30.5 Å². The molecule has 0 saturated carbocycles. The lowest BCUT2D eigenvalue weighted by atomic mass is 10.2. The number of rotatable bonds is 8. The quantitative estimate of drug-likeness (QED) is 0.330. The molecule has 0 aliphatic heterocycles. The second kappa shape index (κ2) is 11.4. The van der Waals surface area contributed by atoms with Crippen LogP contribution >= 0.6 is 7.26 Å². The zero-order valence-electron chi connectivity index (χ0n) is 17.5. The van der Waals surface area contributed by atoms with Crippen LogP contribution in [0.1, 0.15) is 5.56 Å². The molecule has 0 aliphatic rings. The number of hydrogen-bond donors (Lipinski definition) is 0. The van der Waals surface area contributed by atoms with E-state index in [1.165, 1.54) is 28.0 Å². The predicted molar refractivity (Wildman–Crippen MR) is 127 cm³/mol. The lowest BCUT2D eigenvalue weighted by Gasteiger charge is -2.28. The van der Waals surface area contributed by atoms with E-state index in [-0.39, 0.29) is 29.4 Å². The zero-order valence-corrected chi connectivity index (χ0v) is 20.0. The van der Waals surface area contributed by atoms with Gasteiger partial charge in [0.15, 0.2) is 0 Å². The largest absolute Gasteiger partial charge is 1.00 e. The van der Waals surface area contributed by atoms with Gasteiger partial charge >= 0.3 is 0 Å². The Bertz CT molecular complexity index is 1050. The molecule has 0 bridgehead atoms. The highest BCUT2D eigenvalue weighted by Crippen LogP contribution is 2.58. The summed E-state index contributed by atoms with van der Waals surface area (Å²) in [6.45, 7) is -0.468. The molecule has 0 atom stereocenters. The summed E-state index contributed by atoms with van der Waals surface area (Å²) >= 11 is 0. The van der Waals surface area contributed by atoms with Gasteiger partial charge in [0.25, 0.3) is 0 Å². The Morgan fingerprint density at radius 2 is 1.12 bits per heavy atom. The van der Waals surface area contributed by atoms with E-state index in [0.29, 0.717) is 5.75 Å². The molecule has 0 fully saturated rings. The maximum atomic E-state index is 13.6. The number of alkyl halides is 1. The van der Waals surface area contributed by atoms with Crippen LogP contribution in [-0.2, 0) is 6.16 Å². The third-order valence-corrected chi connectivity index (χ3v) is 9.73. The Kier molecular flexibility index (Phi) is 8.55. The van der Waals surface area contributed by atoms with E-state index in [4.69, 9.17) is 4.74 Å². The fraction of sp³-hybridized carbons (Fsp3) is 0.111. The zero-order chi connectivity index (χ0) is 21.5. The Hall–Kier alpha value is -2.55. The molecule has 32 heavy (non-hydrogen) atoms. The molecule has 0 N–H and O–H groups in total. The minimum absolute atomic E-state index is 0. The Labute approximate surface area is 199 Å². The number of hydrogen-bond acceptors (Lipinski definition) is 1. The first-order chi connectivity index (χ1) is 15.2. The van der Waals surface area contributed by atoms with Crippen LogP contribution in [0.25, 0.3) is 0 Å². The van der Waals surface area contributed by atoms with Gasteiger partial charge in [0.1, 0.15) is 48.0 Å². The molecular formula is C27H24BrF2OP. The molecule has 0 radical (unpaired) electrons. The van der Waals surface area contributed by atoms with Crippen molar-refractivity contribution >= 4 is 23.2 Å². The molecule has 4 rings (SSSR count). The maximum Gasteiger partial charge on any atom is 0.123 e. The first kappa shape index (κ1) is 24.1. The lowest BCUT2D eigenvalue weighted by molar-refractivity contribution is -0.00000748. The summed E-state index contributed by atoms with van der Waals surface area (Å²) in [5, 5.41) is 3.70. The van der Waals surface area contributed by atoms with Crippen LogP contribution in [0, 0.1) is 5.82 Å². The number of benzene rings is 4. The molecule has 164 valence electrons. The van der Waals surface area contributed by atoms with E-state index < -0.39 is 13.9 Å². The maximum absolute atomic E-state index is 13.6. The average Bonchev–Trinajstić information content (AvgIpc) is 2.84. The smallest absolute Gasteiger partial charge is 0.123 e. The van der Waals surface area contributed by atoms with E-state index in [1.807, 2.05) is 36.4 Å². The molecule has 0 spiro atoms. The van der Waals surface area contributed by atoms with E-state index in [2.05, 4.69) is 60.7 Å². The SMILES string of the molecule is FCCOc1ccc([P+](Cc2ccc(F)cc2)(c2ccccc2)c2ccccc2)cc1.[Br-]. The second-order valence-corrected chi connectivity index (χ2v) is 10.8. The highest BCUT2D eigenvalue weighted by Gasteiger charge is 2.45. The van der Waals surface area contributed by atoms with Gasteiger partial charge in [-0.05, 0) is 66.2 Å². The lowest BCUT2D eigenvalue weighted by Crippen LogP contribution is -3.00. The van der Waals surface area contributed by atoms with Gasteiger partial charge in [0, 0.05) is 0 Å². The first-order valence-electron chi connectivity index (χ1n) is 10.3. The summed E-state index contributed by atoms with van der Waals surface area (Å²) in [4.78, 5) is 0. The molecule has 4 aromatic rings. The third kappa shape index (κ3) is 5.26. The van der Waals surface area contributed by atoms with E-state index in [9.17, 15) is 8.78 Å². The predicted octanol–water partition coefficient (Wildman–Crippen LogP) is 2.67. The van der Waals surface area contributed by atoms with Gasteiger partial charge in [0.05, 0.1) is 6.16 Å². The third-order valence-electron chi connectivity index (χ3n) is 5.35. The van der Waals surface area contributed by atoms with Crippen molar-refractivity contribution in [2.45, 2.75) is 6.16 Å². The molecule has 0 amide bonds. The van der Waals surface area contributed by atoms with Crippen molar-refractivity contribution in [2.75, 3.05) is 13.3 Å². The minimum Gasteiger partial charge on any atom is -1.00 e. The van der Waals surface area contributed by atoms with Crippen molar-refractivity contribution in [2.24, 2.45) is 0 Å². The summed E-state index contributed by atoms with van der Waals surface area (Å²) in [6.07, 6.45) is 0.770. The van der Waals surface area contributed by atoms with Gasteiger partial charge < -0.3 is 21.7 Å². The topological polar surface area (TPSA) is 9.23 Å². The van der Waals surface area contributed by atoms with Crippen LogP contribution in [0.4, 0.5) is 8.78 Å². The molecule has 1 nitrogen and oxygen atoms in total. The molecule has 0 unspecified atom stereocenters.